The molecule has 1 amide bonds. The second-order valence-corrected chi connectivity index (χ2v) is 6.83. The van der Waals surface area contributed by atoms with Crippen LogP contribution in [0.4, 0.5) is 0 Å². The van der Waals surface area contributed by atoms with E-state index in [9.17, 15) is 14.7 Å². The van der Waals surface area contributed by atoms with Crippen molar-refractivity contribution in [3.63, 3.8) is 0 Å². The topological polar surface area (TPSA) is 97.4 Å². The number of carbonyl (C=O) groups is 1. The highest BCUT2D eigenvalue weighted by Gasteiger charge is 2.28. The second kappa shape index (κ2) is 5.88. The molecule has 24 heavy (non-hydrogen) atoms. The Bertz CT molecular complexity index is 954. The van der Waals surface area contributed by atoms with Gasteiger partial charge in [0.05, 0.1) is 29.4 Å². The molecule has 0 spiro atoms. The van der Waals surface area contributed by atoms with Crippen molar-refractivity contribution in [1.29, 1.82) is 0 Å². The number of aromatic nitrogens is 2. The third kappa shape index (κ3) is 2.74. The third-order valence-electron chi connectivity index (χ3n) is 3.86. The summed E-state index contributed by atoms with van der Waals surface area (Å²) in [5.74, 6) is 0.00998. The van der Waals surface area contributed by atoms with Crippen LogP contribution < -0.4 is 10.9 Å². The quantitative estimate of drug-likeness (QED) is 0.746. The number of nitrogens with one attached hydrogen (secondary N) is 1. The number of fused-ring (bicyclic) bond motifs is 1. The van der Waals surface area contributed by atoms with Crippen molar-refractivity contribution in [2.24, 2.45) is 7.05 Å². The highest BCUT2D eigenvalue weighted by Crippen LogP contribution is 2.27. The third-order valence-corrected chi connectivity index (χ3v) is 5.06. The summed E-state index contributed by atoms with van der Waals surface area (Å²) in [6, 6.07) is 3.31. The second-order valence-electron chi connectivity index (χ2n) is 5.83. The van der Waals surface area contributed by atoms with Crippen LogP contribution in [0, 0.1) is 6.92 Å². The van der Waals surface area contributed by atoms with Gasteiger partial charge in [0, 0.05) is 7.05 Å². The lowest BCUT2D eigenvalue weighted by Gasteiger charge is -2.21. The molecule has 0 aliphatic carbocycles. The number of thiophene rings is 1. The standard InChI is InChI=1S/C16H17N3O4S/c1-9-11-14(18-8-19(3)15(11)21)24-12(9)13(20)17-7-16(2,22)10-5-4-6-23-10/h4-6,8,22H,7H2,1-3H3,(H,17,20). The smallest absolute Gasteiger partial charge is 0.262 e. The van der Waals surface area contributed by atoms with Crippen LogP contribution >= 0.6 is 11.3 Å². The Morgan fingerprint density at radius 3 is 2.96 bits per heavy atom. The van der Waals surface area contributed by atoms with Gasteiger partial charge < -0.3 is 19.4 Å². The fourth-order valence-corrected chi connectivity index (χ4v) is 3.49. The first-order valence-electron chi connectivity index (χ1n) is 7.30. The van der Waals surface area contributed by atoms with E-state index < -0.39 is 5.60 Å². The van der Waals surface area contributed by atoms with Gasteiger partial charge in [0.25, 0.3) is 11.5 Å². The van der Waals surface area contributed by atoms with E-state index in [1.165, 1.54) is 17.2 Å². The summed E-state index contributed by atoms with van der Waals surface area (Å²) in [4.78, 5) is 29.8. The number of carbonyl (C=O) groups excluding carboxylic acids is 1. The van der Waals surface area contributed by atoms with Gasteiger partial charge in [-0.2, -0.15) is 0 Å². The molecule has 7 nitrogen and oxygen atoms in total. The van der Waals surface area contributed by atoms with E-state index >= 15 is 0 Å². The van der Waals surface area contributed by atoms with Crippen LogP contribution in [0.5, 0.6) is 0 Å². The van der Waals surface area contributed by atoms with Crippen LogP contribution in [0.3, 0.4) is 0 Å². The number of aliphatic hydroxyl groups is 1. The van der Waals surface area contributed by atoms with E-state index in [1.807, 2.05) is 0 Å². The number of hydrogen-bond acceptors (Lipinski definition) is 6. The molecule has 3 aromatic heterocycles. The molecule has 0 aliphatic rings. The molecule has 3 aromatic rings. The minimum Gasteiger partial charge on any atom is -0.466 e. The first kappa shape index (κ1) is 16.4. The van der Waals surface area contributed by atoms with Crippen molar-refractivity contribution in [3.05, 3.63) is 51.3 Å². The number of amides is 1. The summed E-state index contributed by atoms with van der Waals surface area (Å²) < 4.78 is 6.56. The van der Waals surface area contributed by atoms with Crippen molar-refractivity contribution in [1.82, 2.24) is 14.9 Å². The summed E-state index contributed by atoms with van der Waals surface area (Å²) in [6.07, 6.45) is 2.90. The van der Waals surface area contributed by atoms with E-state index in [2.05, 4.69) is 10.3 Å². The molecule has 0 aliphatic heterocycles. The normalized spacial score (nSPS) is 13.8. The molecule has 0 radical (unpaired) electrons. The Morgan fingerprint density at radius 2 is 2.29 bits per heavy atom. The Morgan fingerprint density at radius 1 is 1.54 bits per heavy atom. The van der Waals surface area contributed by atoms with Crippen molar-refractivity contribution in [3.8, 4) is 0 Å². The maximum absolute atomic E-state index is 12.5. The van der Waals surface area contributed by atoms with Crippen molar-refractivity contribution in [2.45, 2.75) is 19.4 Å². The van der Waals surface area contributed by atoms with Crippen LogP contribution in [0.2, 0.25) is 0 Å². The maximum atomic E-state index is 12.5. The van der Waals surface area contributed by atoms with E-state index in [1.54, 1.807) is 33.0 Å². The number of furan rings is 1. The predicted octanol–water partition coefficient (Wildman–Crippen LogP) is 1.53. The summed E-state index contributed by atoms with van der Waals surface area (Å²) >= 11 is 1.16. The van der Waals surface area contributed by atoms with Crippen molar-refractivity contribution < 1.29 is 14.3 Å². The maximum Gasteiger partial charge on any atom is 0.262 e. The highest BCUT2D eigenvalue weighted by molar-refractivity contribution is 7.20. The van der Waals surface area contributed by atoms with Gasteiger partial charge in [-0.05, 0) is 31.5 Å². The highest BCUT2D eigenvalue weighted by atomic mass is 32.1. The molecule has 0 saturated carbocycles. The van der Waals surface area contributed by atoms with Gasteiger partial charge in [0.1, 0.15) is 16.2 Å². The molecule has 126 valence electrons. The molecule has 3 heterocycles. The number of rotatable bonds is 4. The van der Waals surface area contributed by atoms with E-state index in [0.717, 1.165) is 11.3 Å². The Balaban J connectivity index is 1.86. The molecule has 0 saturated heterocycles. The van der Waals surface area contributed by atoms with Crippen molar-refractivity contribution >= 4 is 27.5 Å². The lowest BCUT2D eigenvalue weighted by atomic mass is 10.0. The molecule has 0 fully saturated rings. The number of hydrogen-bond donors (Lipinski definition) is 2. The van der Waals surface area contributed by atoms with Crippen LogP contribution in [0.15, 0.2) is 33.9 Å². The van der Waals surface area contributed by atoms with E-state index in [4.69, 9.17) is 4.42 Å². The van der Waals surface area contributed by atoms with Gasteiger partial charge in [-0.1, -0.05) is 0 Å². The van der Waals surface area contributed by atoms with Crippen LogP contribution in [0.1, 0.15) is 27.9 Å². The molecule has 0 bridgehead atoms. The lowest BCUT2D eigenvalue weighted by Crippen LogP contribution is -2.38. The largest absolute Gasteiger partial charge is 0.466 e. The Kier molecular flexibility index (Phi) is 4.02. The zero-order chi connectivity index (χ0) is 17.5. The SMILES string of the molecule is Cc1c(C(=O)NCC(C)(O)c2ccco2)sc2ncn(C)c(=O)c12. The lowest BCUT2D eigenvalue weighted by molar-refractivity contribution is 0.0331. The fourth-order valence-electron chi connectivity index (χ4n) is 2.43. The van der Waals surface area contributed by atoms with Crippen LogP contribution in [-0.4, -0.2) is 27.1 Å². The first-order valence-corrected chi connectivity index (χ1v) is 8.12. The Labute approximate surface area is 141 Å². The summed E-state index contributed by atoms with van der Waals surface area (Å²) in [7, 11) is 1.62. The summed E-state index contributed by atoms with van der Waals surface area (Å²) in [5, 5.41) is 13.5. The fraction of sp³-hybridized carbons (Fsp3) is 0.312. The van der Waals surface area contributed by atoms with Crippen LogP contribution in [0.25, 0.3) is 10.2 Å². The number of nitrogens with zero attached hydrogens (tertiary/aromatic N) is 2. The minimum atomic E-state index is -1.32. The number of aryl methyl sites for hydroxylation is 2. The first-order chi connectivity index (χ1) is 11.3. The summed E-state index contributed by atoms with van der Waals surface area (Å²) in [5.41, 5.74) is -0.910. The minimum absolute atomic E-state index is 0.0154. The van der Waals surface area contributed by atoms with Gasteiger partial charge in [0.15, 0.2) is 0 Å². The molecule has 0 aromatic carbocycles. The van der Waals surface area contributed by atoms with Crippen LogP contribution in [-0.2, 0) is 12.6 Å². The van der Waals surface area contributed by atoms with E-state index in [-0.39, 0.29) is 18.0 Å². The Hall–Kier alpha value is -2.45. The average molecular weight is 347 g/mol. The van der Waals surface area contributed by atoms with Gasteiger partial charge in [0.2, 0.25) is 0 Å². The van der Waals surface area contributed by atoms with Gasteiger partial charge in [-0.3, -0.25) is 9.59 Å². The van der Waals surface area contributed by atoms with Gasteiger partial charge >= 0.3 is 0 Å². The predicted molar refractivity (Wildman–Crippen MR) is 90.2 cm³/mol. The average Bonchev–Trinajstić information content (AvgIpc) is 3.18. The summed E-state index contributed by atoms with van der Waals surface area (Å²) in [6.45, 7) is 3.27. The van der Waals surface area contributed by atoms with E-state index in [0.29, 0.717) is 26.4 Å². The zero-order valence-corrected chi connectivity index (χ0v) is 14.3. The molecular weight excluding hydrogens is 330 g/mol. The monoisotopic (exact) mass is 347 g/mol. The molecule has 2 N–H and O–H groups in total. The molecule has 3 rings (SSSR count). The zero-order valence-electron chi connectivity index (χ0n) is 13.5. The molecular formula is C16H17N3O4S. The molecule has 1 unspecified atom stereocenters. The molecule has 8 heteroatoms. The van der Waals surface area contributed by atoms with Gasteiger partial charge in [-0.15, -0.1) is 11.3 Å². The van der Waals surface area contributed by atoms with Crippen molar-refractivity contribution in [2.75, 3.05) is 6.54 Å². The van der Waals surface area contributed by atoms with Gasteiger partial charge in [-0.25, -0.2) is 4.98 Å². The molecule has 1 atom stereocenters.